The van der Waals surface area contributed by atoms with Crippen molar-refractivity contribution in [2.24, 2.45) is 0 Å². The third-order valence-corrected chi connectivity index (χ3v) is 5.79. The van der Waals surface area contributed by atoms with Gasteiger partial charge in [-0.2, -0.15) is 0 Å². The van der Waals surface area contributed by atoms with Gasteiger partial charge in [-0.3, -0.25) is 9.78 Å². The summed E-state index contributed by atoms with van der Waals surface area (Å²) in [5.41, 5.74) is 6.54. The van der Waals surface area contributed by atoms with Crippen molar-refractivity contribution in [1.82, 2.24) is 4.98 Å². The van der Waals surface area contributed by atoms with E-state index in [-0.39, 0.29) is 5.78 Å². The van der Waals surface area contributed by atoms with Crippen molar-refractivity contribution in [3.63, 3.8) is 0 Å². The number of hydrogen-bond donors (Lipinski definition) is 0. The highest BCUT2D eigenvalue weighted by molar-refractivity contribution is 5.81. The lowest BCUT2D eigenvalue weighted by atomic mass is 10.0. The van der Waals surface area contributed by atoms with Gasteiger partial charge in [-0.05, 0) is 52.9 Å². The topological polar surface area (TPSA) is 42.4 Å². The van der Waals surface area contributed by atoms with Crippen LogP contribution in [0, 0.1) is 0 Å². The average Bonchev–Trinajstić information content (AvgIpc) is 2.88. The quantitative estimate of drug-likeness (QED) is 0.291. The normalized spacial score (nSPS) is 10.6. The summed E-state index contributed by atoms with van der Waals surface area (Å²) in [7, 11) is 4.08. The zero-order valence-electron chi connectivity index (χ0n) is 19.8. The molecule has 1 heterocycles. The summed E-state index contributed by atoms with van der Waals surface area (Å²) in [6, 6.07) is 28.6. The van der Waals surface area contributed by atoms with E-state index in [1.54, 1.807) is 6.20 Å². The Bertz CT molecular complexity index is 1220. The van der Waals surface area contributed by atoms with Gasteiger partial charge in [0, 0.05) is 50.6 Å². The number of ether oxygens (including phenoxy) is 1. The molecule has 0 aliphatic heterocycles. The van der Waals surface area contributed by atoms with Gasteiger partial charge >= 0.3 is 0 Å². The van der Waals surface area contributed by atoms with E-state index in [0.717, 1.165) is 45.7 Å². The largest absolute Gasteiger partial charge is 0.488 e. The van der Waals surface area contributed by atoms with Crippen LogP contribution in [0.25, 0.3) is 11.1 Å². The van der Waals surface area contributed by atoms with Gasteiger partial charge in [-0.25, -0.2) is 0 Å². The number of pyridine rings is 1. The predicted molar refractivity (Wildman–Crippen MR) is 138 cm³/mol. The Labute approximate surface area is 201 Å². The zero-order valence-corrected chi connectivity index (χ0v) is 19.8. The predicted octanol–water partition coefficient (Wildman–Crippen LogP) is 6.14. The fraction of sp³-hybridized carbons (Fsp3) is 0.200. The molecule has 0 N–H and O–H groups in total. The minimum atomic E-state index is 0.238. The Hall–Kier alpha value is -3.92. The first-order valence-electron chi connectivity index (χ1n) is 11.6. The standard InChI is InChI=1S/C30H30N2O2/c1-32(2)27-9-5-8-26(20-27)29-10-3-4-11-30(29)34-22-25-14-12-23(13-15-25)19-28(33)17-16-24-7-6-18-31-21-24/h3-15,18,20-21H,16-17,19,22H2,1-2H3. The molecule has 0 saturated heterocycles. The molecule has 34 heavy (non-hydrogen) atoms. The van der Waals surface area contributed by atoms with Crippen molar-refractivity contribution in [3.05, 3.63) is 114 Å². The second-order valence-corrected chi connectivity index (χ2v) is 8.62. The second kappa shape index (κ2) is 11.3. The molecule has 4 aromatic rings. The van der Waals surface area contributed by atoms with Gasteiger partial charge in [0.15, 0.2) is 0 Å². The highest BCUT2D eigenvalue weighted by Gasteiger charge is 2.09. The Kier molecular flexibility index (Phi) is 7.71. The van der Waals surface area contributed by atoms with Crippen molar-refractivity contribution in [3.8, 4) is 16.9 Å². The molecule has 0 radical (unpaired) electrons. The fourth-order valence-electron chi connectivity index (χ4n) is 3.84. The Morgan fingerprint density at radius 3 is 2.41 bits per heavy atom. The maximum Gasteiger partial charge on any atom is 0.137 e. The highest BCUT2D eigenvalue weighted by atomic mass is 16.5. The van der Waals surface area contributed by atoms with Crippen molar-refractivity contribution in [2.75, 3.05) is 19.0 Å². The first kappa shape index (κ1) is 23.2. The summed E-state index contributed by atoms with van der Waals surface area (Å²) in [5, 5.41) is 0. The Morgan fingerprint density at radius 2 is 1.65 bits per heavy atom. The van der Waals surface area contributed by atoms with Crippen LogP contribution in [0.4, 0.5) is 5.69 Å². The molecule has 172 valence electrons. The number of anilines is 1. The number of hydrogen-bond acceptors (Lipinski definition) is 4. The number of benzene rings is 3. The fourth-order valence-corrected chi connectivity index (χ4v) is 3.84. The summed E-state index contributed by atoms with van der Waals surface area (Å²) < 4.78 is 6.20. The van der Waals surface area contributed by atoms with E-state index in [1.165, 1.54) is 0 Å². The molecule has 4 heteroatoms. The number of aromatic nitrogens is 1. The molecule has 3 aromatic carbocycles. The van der Waals surface area contributed by atoms with Crippen LogP contribution < -0.4 is 9.64 Å². The SMILES string of the molecule is CN(C)c1cccc(-c2ccccc2OCc2ccc(CC(=O)CCc3cccnc3)cc2)c1. The van der Waals surface area contributed by atoms with Crippen molar-refractivity contribution < 1.29 is 9.53 Å². The highest BCUT2D eigenvalue weighted by Crippen LogP contribution is 2.32. The van der Waals surface area contributed by atoms with E-state index >= 15 is 0 Å². The number of aryl methyl sites for hydroxylation is 1. The second-order valence-electron chi connectivity index (χ2n) is 8.62. The molecule has 0 amide bonds. The molecule has 0 aliphatic rings. The number of rotatable bonds is 10. The number of ketones is 1. The maximum atomic E-state index is 12.4. The van der Waals surface area contributed by atoms with Crippen LogP contribution in [0.1, 0.15) is 23.1 Å². The molecule has 0 unspecified atom stereocenters. The van der Waals surface area contributed by atoms with Crippen LogP contribution in [-0.2, 0) is 24.2 Å². The van der Waals surface area contributed by atoms with Gasteiger partial charge in [0.25, 0.3) is 0 Å². The van der Waals surface area contributed by atoms with Gasteiger partial charge in [0.1, 0.15) is 18.1 Å². The van der Waals surface area contributed by atoms with Crippen molar-refractivity contribution >= 4 is 11.5 Å². The molecule has 0 saturated carbocycles. The van der Waals surface area contributed by atoms with E-state index < -0.39 is 0 Å². The van der Waals surface area contributed by atoms with Crippen LogP contribution >= 0.6 is 0 Å². The molecular weight excluding hydrogens is 420 g/mol. The number of carbonyl (C=O) groups excluding carboxylic acids is 1. The maximum absolute atomic E-state index is 12.4. The van der Waals surface area contributed by atoms with E-state index in [0.29, 0.717) is 19.4 Å². The molecule has 1 aromatic heterocycles. The monoisotopic (exact) mass is 450 g/mol. The van der Waals surface area contributed by atoms with E-state index in [2.05, 4.69) is 40.2 Å². The summed E-state index contributed by atoms with van der Waals surface area (Å²) in [5.74, 6) is 1.09. The lowest BCUT2D eigenvalue weighted by Gasteiger charge is -2.16. The van der Waals surface area contributed by atoms with E-state index in [4.69, 9.17) is 4.74 Å². The summed E-state index contributed by atoms with van der Waals surface area (Å²) in [6.45, 7) is 0.472. The van der Waals surface area contributed by atoms with Gasteiger partial charge in [-0.1, -0.05) is 60.7 Å². The van der Waals surface area contributed by atoms with Crippen LogP contribution in [0.2, 0.25) is 0 Å². The van der Waals surface area contributed by atoms with Crippen molar-refractivity contribution in [1.29, 1.82) is 0 Å². The number of nitrogens with zero attached hydrogens (tertiary/aromatic N) is 2. The first-order valence-corrected chi connectivity index (χ1v) is 11.6. The summed E-state index contributed by atoms with van der Waals surface area (Å²) >= 11 is 0. The van der Waals surface area contributed by atoms with Crippen LogP contribution in [0.3, 0.4) is 0 Å². The molecule has 4 rings (SSSR count). The number of para-hydroxylation sites is 1. The minimum absolute atomic E-state index is 0.238. The molecule has 0 atom stereocenters. The molecule has 0 fully saturated rings. The number of carbonyl (C=O) groups is 1. The molecule has 0 bridgehead atoms. The lowest BCUT2D eigenvalue weighted by Crippen LogP contribution is -2.08. The minimum Gasteiger partial charge on any atom is -0.488 e. The van der Waals surface area contributed by atoms with Crippen molar-refractivity contribution in [2.45, 2.75) is 25.9 Å². The van der Waals surface area contributed by atoms with Crippen LogP contribution in [0.15, 0.2) is 97.3 Å². The van der Waals surface area contributed by atoms with Gasteiger partial charge in [-0.15, -0.1) is 0 Å². The first-order chi connectivity index (χ1) is 16.6. The van der Waals surface area contributed by atoms with E-state index in [9.17, 15) is 4.79 Å². The molecule has 0 spiro atoms. The third-order valence-electron chi connectivity index (χ3n) is 5.79. The lowest BCUT2D eigenvalue weighted by molar-refractivity contribution is -0.118. The Balaban J connectivity index is 1.35. The summed E-state index contributed by atoms with van der Waals surface area (Å²) in [6.07, 6.45) is 5.28. The zero-order chi connectivity index (χ0) is 23.8. The number of Topliss-reactive ketones (excluding diaryl/α,β-unsaturated/α-hetero) is 1. The van der Waals surface area contributed by atoms with E-state index in [1.807, 2.05) is 74.9 Å². The third kappa shape index (κ3) is 6.32. The van der Waals surface area contributed by atoms with Gasteiger partial charge < -0.3 is 9.64 Å². The summed E-state index contributed by atoms with van der Waals surface area (Å²) in [4.78, 5) is 18.6. The van der Waals surface area contributed by atoms with Crippen LogP contribution in [0.5, 0.6) is 5.75 Å². The average molecular weight is 451 g/mol. The van der Waals surface area contributed by atoms with Crippen LogP contribution in [-0.4, -0.2) is 24.9 Å². The smallest absolute Gasteiger partial charge is 0.137 e. The Morgan fingerprint density at radius 1 is 0.853 bits per heavy atom. The van der Waals surface area contributed by atoms with Gasteiger partial charge in [0.05, 0.1) is 0 Å². The molecular formula is C30H30N2O2. The molecule has 0 aliphatic carbocycles. The molecule has 4 nitrogen and oxygen atoms in total. The van der Waals surface area contributed by atoms with Gasteiger partial charge in [0.2, 0.25) is 0 Å².